The first kappa shape index (κ1) is 10.3. The predicted octanol–water partition coefficient (Wildman–Crippen LogP) is 0.976. The Morgan fingerprint density at radius 3 is 2.73 bits per heavy atom. The first-order chi connectivity index (χ1) is 4.74. The largest absolute Gasteiger partial charge is 0.306 e. The van der Waals surface area contributed by atoms with Crippen LogP contribution in [-0.4, -0.2) is 9.97 Å². The van der Waals surface area contributed by atoms with E-state index in [-0.39, 0.29) is 23.5 Å². The van der Waals surface area contributed by atoms with Crippen molar-refractivity contribution in [1.29, 1.82) is 0 Å². The topological polar surface area (TPSA) is 63.8 Å². The first-order valence-electron chi connectivity index (χ1n) is 2.38. The van der Waals surface area contributed by atoms with E-state index in [0.29, 0.717) is 0 Å². The van der Waals surface area contributed by atoms with Gasteiger partial charge in [-0.05, 0) is 11.6 Å². The van der Waals surface area contributed by atoms with Crippen molar-refractivity contribution in [3.63, 3.8) is 0 Å². The molecule has 0 atom stereocenters. The van der Waals surface area contributed by atoms with Crippen molar-refractivity contribution < 1.29 is 4.39 Å². The number of nitrogen functional groups attached to an aromatic ring is 1. The lowest BCUT2D eigenvalue weighted by atomic mass is 10.6. The van der Waals surface area contributed by atoms with Crippen LogP contribution < -0.4 is 11.3 Å². The second-order valence-electron chi connectivity index (χ2n) is 1.48. The fourth-order valence-corrected chi connectivity index (χ4v) is 0.580. The molecule has 1 aromatic heterocycles. The summed E-state index contributed by atoms with van der Waals surface area (Å²) in [5.41, 5.74) is 2.03. The van der Waals surface area contributed by atoms with Crippen molar-refractivity contribution >= 4 is 29.8 Å². The third kappa shape index (κ3) is 2.45. The van der Waals surface area contributed by atoms with Crippen LogP contribution in [-0.2, 0) is 0 Å². The molecule has 4 nitrogen and oxygen atoms in total. The Kier molecular flexibility index (Phi) is 4.02. The molecule has 0 aliphatic rings. The van der Waals surface area contributed by atoms with Crippen LogP contribution in [0.2, 0.25) is 5.28 Å². The number of rotatable bonds is 1. The van der Waals surface area contributed by atoms with Gasteiger partial charge < -0.3 is 5.43 Å². The average molecular weight is 199 g/mol. The highest BCUT2D eigenvalue weighted by Gasteiger charge is 2.01. The van der Waals surface area contributed by atoms with E-state index in [1.807, 2.05) is 5.43 Å². The Bertz CT molecular complexity index is 244. The van der Waals surface area contributed by atoms with Crippen molar-refractivity contribution in [1.82, 2.24) is 9.97 Å². The first-order valence-corrected chi connectivity index (χ1v) is 2.76. The number of anilines is 1. The number of halogens is 3. The number of hydrazine groups is 1. The van der Waals surface area contributed by atoms with Crippen molar-refractivity contribution in [2.75, 3.05) is 5.43 Å². The molecule has 0 saturated heterocycles. The minimum Gasteiger partial charge on any atom is -0.306 e. The van der Waals surface area contributed by atoms with Crippen molar-refractivity contribution in [3.05, 3.63) is 17.3 Å². The van der Waals surface area contributed by atoms with Gasteiger partial charge in [0.05, 0.1) is 6.20 Å². The molecule has 11 heavy (non-hydrogen) atoms. The van der Waals surface area contributed by atoms with Gasteiger partial charge in [0, 0.05) is 0 Å². The van der Waals surface area contributed by atoms with Crippen molar-refractivity contribution in [3.8, 4) is 0 Å². The predicted molar refractivity (Wildman–Crippen MR) is 42.1 cm³/mol. The molecule has 0 radical (unpaired) electrons. The second kappa shape index (κ2) is 4.27. The standard InChI is InChI=1S/C4H4ClFN4.ClH/c5-4-8-1-2(6)3(9-4)10-7;/h1H,7H2,(H,8,9,10);1H. The minimum absolute atomic E-state index is 0. The fourth-order valence-electron chi connectivity index (χ4n) is 0.447. The summed E-state index contributed by atoms with van der Waals surface area (Å²) in [7, 11) is 0. The summed E-state index contributed by atoms with van der Waals surface area (Å²) in [6.45, 7) is 0. The van der Waals surface area contributed by atoms with E-state index in [1.54, 1.807) is 0 Å². The Morgan fingerprint density at radius 2 is 2.27 bits per heavy atom. The maximum absolute atomic E-state index is 12.4. The molecule has 1 rings (SSSR count). The highest BCUT2D eigenvalue weighted by Crippen LogP contribution is 2.09. The molecule has 0 aromatic carbocycles. The van der Waals surface area contributed by atoms with Gasteiger partial charge in [0.2, 0.25) is 5.28 Å². The Labute approximate surface area is 73.4 Å². The van der Waals surface area contributed by atoms with Gasteiger partial charge in [0.1, 0.15) is 0 Å². The number of nitrogens with zero attached hydrogens (tertiary/aromatic N) is 2. The summed E-state index contributed by atoms with van der Waals surface area (Å²) in [5.74, 6) is 4.14. The van der Waals surface area contributed by atoms with Gasteiger partial charge in [-0.15, -0.1) is 12.4 Å². The van der Waals surface area contributed by atoms with E-state index in [9.17, 15) is 4.39 Å². The van der Waals surface area contributed by atoms with Crippen molar-refractivity contribution in [2.24, 2.45) is 5.84 Å². The molecule has 1 aromatic rings. The summed E-state index contributed by atoms with van der Waals surface area (Å²) in [5, 5.41) is -0.0469. The van der Waals surface area contributed by atoms with Gasteiger partial charge in [-0.25, -0.2) is 15.2 Å². The van der Waals surface area contributed by atoms with E-state index in [4.69, 9.17) is 17.4 Å². The molecule has 0 amide bonds. The molecule has 62 valence electrons. The van der Waals surface area contributed by atoms with Gasteiger partial charge in [0.15, 0.2) is 11.6 Å². The van der Waals surface area contributed by atoms with E-state index < -0.39 is 5.82 Å². The molecule has 0 saturated carbocycles. The molecule has 3 N–H and O–H groups in total. The van der Waals surface area contributed by atoms with Gasteiger partial charge >= 0.3 is 0 Å². The Balaban J connectivity index is 0.000001000. The van der Waals surface area contributed by atoms with Crippen LogP contribution in [0.4, 0.5) is 10.2 Å². The quantitative estimate of drug-likeness (QED) is 0.402. The van der Waals surface area contributed by atoms with E-state index in [0.717, 1.165) is 6.20 Å². The van der Waals surface area contributed by atoms with Gasteiger partial charge in [-0.2, -0.15) is 4.98 Å². The van der Waals surface area contributed by atoms with Crippen LogP contribution in [0, 0.1) is 5.82 Å². The number of nitrogens with two attached hydrogens (primary N) is 1. The number of hydrogen-bond donors (Lipinski definition) is 2. The minimum atomic E-state index is -0.632. The maximum atomic E-state index is 12.4. The molecule has 0 aliphatic heterocycles. The lowest BCUT2D eigenvalue weighted by Crippen LogP contribution is -2.10. The average Bonchev–Trinajstić information content (AvgIpc) is 1.94. The summed E-state index contributed by atoms with van der Waals surface area (Å²) >= 11 is 5.31. The fraction of sp³-hybridized carbons (Fsp3) is 0. The smallest absolute Gasteiger partial charge is 0.224 e. The van der Waals surface area contributed by atoms with Crippen LogP contribution >= 0.6 is 24.0 Å². The molecule has 7 heteroatoms. The lowest BCUT2D eigenvalue weighted by molar-refractivity contribution is 0.617. The number of hydrogen-bond acceptors (Lipinski definition) is 4. The number of nitrogens with one attached hydrogen (secondary N) is 1. The normalized spacial score (nSPS) is 8.64. The Hall–Kier alpha value is -0.650. The van der Waals surface area contributed by atoms with Crippen LogP contribution in [0.1, 0.15) is 0 Å². The Morgan fingerprint density at radius 1 is 1.64 bits per heavy atom. The molecule has 0 spiro atoms. The summed E-state index contributed by atoms with van der Waals surface area (Å²) < 4.78 is 12.4. The van der Waals surface area contributed by atoms with Crippen LogP contribution in [0.15, 0.2) is 6.20 Å². The highest BCUT2D eigenvalue weighted by atomic mass is 35.5. The van der Waals surface area contributed by atoms with E-state index in [2.05, 4.69) is 9.97 Å². The summed E-state index contributed by atoms with van der Waals surface area (Å²) in [6, 6.07) is 0. The second-order valence-corrected chi connectivity index (χ2v) is 1.82. The third-order valence-electron chi connectivity index (χ3n) is 0.851. The SMILES string of the molecule is Cl.NNc1nc(Cl)ncc1F. The number of aromatic nitrogens is 2. The molecular weight excluding hydrogens is 194 g/mol. The molecule has 0 fully saturated rings. The molecule has 0 aliphatic carbocycles. The van der Waals surface area contributed by atoms with Crippen LogP contribution in [0.5, 0.6) is 0 Å². The van der Waals surface area contributed by atoms with Gasteiger partial charge in [-0.1, -0.05) is 0 Å². The summed E-state index contributed by atoms with van der Waals surface area (Å²) in [6.07, 6.45) is 0.935. The zero-order chi connectivity index (χ0) is 7.56. The molecular formula is C4H5Cl2FN4. The van der Waals surface area contributed by atoms with E-state index >= 15 is 0 Å². The molecule has 1 heterocycles. The highest BCUT2D eigenvalue weighted by molar-refractivity contribution is 6.28. The third-order valence-corrected chi connectivity index (χ3v) is 1.03. The van der Waals surface area contributed by atoms with Crippen LogP contribution in [0.25, 0.3) is 0 Å². The zero-order valence-electron chi connectivity index (χ0n) is 5.21. The zero-order valence-corrected chi connectivity index (χ0v) is 6.79. The monoisotopic (exact) mass is 198 g/mol. The van der Waals surface area contributed by atoms with E-state index in [1.165, 1.54) is 0 Å². The summed E-state index contributed by atoms with van der Waals surface area (Å²) in [4.78, 5) is 6.81. The van der Waals surface area contributed by atoms with Gasteiger partial charge in [0.25, 0.3) is 0 Å². The lowest BCUT2D eigenvalue weighted by Gasteiger charge is -1.98. The molecule has 0 bridgehead atoms. The molecule has 0 unspecified atom stereocenters. The maximum Gasteiger partial charge on any atom is 0.224 e. The van der Waals surface area contributed by atoms with Crippen LogP contribution in [0.3, 0.4) is 0 Å². The van der Waals surface area contributed by atoms with Crippen molar-refractivity contribution in [2.45, 2.75) is 0 Å². The van der Waals surface area contributed by atoms with Gasteiger partial charge in [-0.3, -0.25) is 0 Å².